The van der Waals surface area contributed by atoms with E-state index in [0.717, 1.165) is 10.5 Å². The maximum Gasteiger partial charge on any atom is 0.227 e. The van der Waals surface area contributed by atoms with Crippen molar-refractivity contribution in [3.63, 3.8) is 0 Å². The van der Waals surface area contributed by atoms with Crippen molar-refractivity contribution >= 4 is 35.0 Å². The van der Waals surface area contributed by atoms with Gasteiger partial charge in [0.05, 0.1) is 0 Å². The van der Waals surface area contributed by atoms with Gasteiger partial charge < -0.3 is 0 Å². The number of halogens is 2. The highest BCUT2D eigenvalue weighted by molar-refractivity contribution is 7.99. The van der Waals surface area contributed by atoms with Gasteiger partial charge in [0.1, 0.15) is 0 Å². The van der Waals surface area contributed by atoms with Crippen LogP contribution >= 0.6 is 35.0 Å². The molecule has 0 spiro atoms. The smallest absolute Gasteiger partial charge is 0.191 e. The van der Waals surface area contributed by atoms with E-state index in [0.29, 0.717) is 5.16 Å². The Kier molecular flexibility index (Phi) is 3.86. The molecule has 1 heterocycles. The number of rotatable bonds is 2. The molecule has 0 saturated carbocycles. The van der Waals surface area contributed by atoms with Crippen molar-refractivity contribution in [2.24, 2.45) is 0 Å². The van der Waals surface area contributed by atoms with Crippen LogP contribution in [0.5, 0.6) is 0 Å². The normalized spacial score (nSPS) is 10.6. The third kappa shape index (κ3) is 3.31. The Hall–Kier alpha value is -0.840. The molecule has 17 heavy (non-hydrogen) atoms. The number of hydrogen-bond donors (Lipinski definition) is 0. The molecule has 0 aliphatic carbocycles. The molecule has 1 aromatic carbocycles. The Morgan fingerprint density at radius 3 is 2.29 bits per heavy atom. The molecular formula is C11H9Cl2N3S. The first-order valence-corrected chi connectivity index (χ1v) is 6.44. The van der Waals surface area contributed by atoms with E-state index in [2.05, 4.69) is 33.2 Å². The summed E-state index contributed by atoms with van der Waals surface area (Å²) in [5.41, 5.74) is 2.35. The average molecular weight is 286 g/mol. The molecule has 1 aromatic heterocycles. The van der Waals surface area contributed by atoms with Crippen LogP contribution in [-0.4, -0.2) is 15.0 Å². The summed E-state index contributed by atoms with van der Waals surface area (Å²) in [6, 6.07) is 6.19. The quantitative estimate of drug-likeness (QED) is 0.838. The van der Waals surface area contributed by atoms with E-state index in [9.17, 15) is 0 Å². The first-order chi connectivity index (χ1) is 8.04. The molecule has 3 nitrogen and oxygen atoms in total. The summed E-state index contributed by atoms with van der Waals surface area (Å²) >= 11 is 12.9. The average Bonchev–Trinajstić information content (AvgIpc) is 2.22. The highest BCUT2D eigenvalue weighted by Crippen LogP contribution is 2.29. The van der Waals surface area contributed by atoms with Gasteiger partial charge in [-0.25, -0.2) is 0 Å². The second-order valence-corrected chi connectivity index (χ2v) is 5.21. The van der Waals surface area contributed by atoms with Crippen LogP contribution < -0.4 is 0 Å². The van der Waals surface area contributed by atoms with Gasteiger partial charge in [-0.3, -0.25) is 0 Å². The zero-order chi connectivity index (χ0) is 12.4. The third-order valence-electron chi connectivity index (χ3n) is 2.11. The predicted molar refractivity (Wildman–Crippen MR) is 69.9 cm³/mol. The summed E-state index contributed by atoms with van der Waals surface area (Å²) in [5.74, 6) is 0. The highest BCUT2D eigenvalue weighted by Gasteiger charge is 2.07. The van der Waals surface area contributed by atoms with E-state index in [1.165, 1.54) is 17.3 Å². The molecule has 0 atom stereocenters. The zero-order valence-electron chi connectivity index (χ0n) is 9.24. The minimum atomic E-state index is 0.109. The molecular weight excluding hydrogens is 277 g/mol. The van der Waals surface area contributed by atoms with Crippen LogP contribution in [0.3, 0.4) is 0 Å². The van der Waals surface area contributed by atoms with Gasteiger partial charge in [0.25, 0.3) is 0 Å². The van der Waals surface area contributed by atoms with Gasteiger partial charge in [-0.1, -0.05) is 12.1 Å². The lowest BCUT2D eigenvalue weighted by atomic mass is 10.2. The monoisotopic (exact) mass is 285 g/mol. The Balaban J connectivity index is 2.34. The van der Waals surface area contributed by atoms with Crippen LogP contribution in [0.15, 0.2) is 28.3 Å². The molecule has 88 valence electrons. The van der Waals surface area contributed by atoms with E-state index in [4.69, 9.17) is 23.2 Å². The molecule has 0 unspecified atom stereocenters. The van der Waals surface area contributed by atoms with Gasteiger partial charge in [-0.2, -0.15) is 15.0 Å². The second kappa shape index (κ2) is 5.21. The number of aryl methyl sites for hydroxylation is 2. The Labute approximate surface area is 114 Å². The minimum Gasteiger partial charge on any atom is -0.191 e. The molecule has 2 rings (SSSR count). The summed E-state index contributed by atoms with van der Waals surface area (Å²) in [4.78, 5) is 12.8. The Morgan fingerprint density at radius 2 is 1.65 bits per heavy atom. The molecule has 6 heteroatoms. The fraction of sp³-hybridized carbons (Fsp3) is 0.182. The number of hydrogen-bond acceptors (Lipinski definition) is 4. The van der Waals surface area contributed by atoms with Crippen molar-refractivity contribution in [1.29, 1.82) is 0 Å². The van der Waals surface area contributed by atoms with E-state index in [-0.39, 0.29) is 10.6 Å². The second-order valence-electron chi connectivity index (χ2n) is 3.53. The molecule has 0 N–H and O–H groups in total. The predicted octanol–water partition coefficient (Wildman–Crippen LogP) is 3.95. The maximum absolute atomic E-state index is 5.73. The van der Waals surface area contributed by atoms with Crippen LogP contribution in [0.1, 0.15) is 11.1 Å². The lowest BCUT2D eigenvalue weighted by Crippen LogP contribution is -1.92. The van der Waals surface area contributed by atoms with Gasteiger partial charge >= 0.3 is 0 Å². The lowest BCUT2D eigenvalue weighted by Gasteiger charge is -2.05. The largest absolute Gasteiger partial charge is 0.227 e. The van der Waals surface area contributed by atoms with Gasteiger partial charge in [-0.05, 0) is 66.0 Å². The molecule has 2 aromatic rings. The number of benzene rings is 1. The Bertz CT molecular complexity index is 540. The van der Waals surface area contributed by atoms with Crippen LogP contribution in [0.25, 0.3) is 0 Å². The first-order valence-electron chi connectivity index (χ1n) is 4.87. The van der Waals surface area contributed by atoms with Crippen LogP contribution in [-0.2, 0) is 0 Å². The molecule has 0 aliphatic heterocycles. The fourth-order valence-corrected chi connectivity index (χ4v) is 2.67. The molecule has 0 radical (unpaired) electrons. The van der Waals surface area contributed by atoms with Crippen molar-refractivity contribution < 1.29 is 0 Å². The van der Waals surface area contributed by atoms with Crippen molar-refractivity contribution in [3.05, 3.63) is 39.9 Å². The van der Waals surface area contributed by atoms with Gasteiger partial charge in [0, 0.05) is 4.90 Å². The van der Waals surface area contributed by atoms with Crippen LogP contribution in [0.2, 0.25) is 10.6 Å². The first kappa shape index (κ1) is 12.6. The number of aromatic nitrogens is 3. The van der Waals surface area contributed by atoms with Gasteiger partial charge in [-0.15, -0.1) is 0 Å². The maximum atomic E-state index is 5.73. The summed E-state index contributed by atoms with van der Waals surface area (Å²) in [6.07, 6.45) is 0. The summed E-state index contributed by atoms with van der Waals surface area (Å²) < 4.78 is 0. The summed E-state index contributed by atoms with van der Waals surface area (Å²) in [7, 11) is 0. The Morgan fingerprint density at radius 1 is 1.00 bits per heavy atom. The fourth-order valence-electron chi connectivity index (χ4n) is 1.27. The van der Waals surface area contributed by atoms with E-state index < -0.39 is 0 Å². The summed E-state index contributed by atoms with van der Waals surface area (Å²) in [5, 5.41) is 0.722. The van der Waals surface area contributed by atoms with Crippen molar-refractivity contribution in [3.8, 4) is 0 Å². The topological polar surface area (TPSA) is 38.7 Å². The van der Waals surface area contributed by atoms with E-state index in [1.54, 1.807) is 0 Å². The molecule has 0 bridgehead atoms. The molecule has 0 amide bonds. The lowest BCUT2D eigenvalue weighted by molar-refractivity contribution is 0.903. The standard InChI is InChI=1S/C11H9Cl2N3S/c1-6-3-4-7(2)8(5-6)17-11-15-9(12)14-10(13)16-11/h3-5H,1-2H3. The minimum absolute atomic E-state index is 0.109. The van der Waals surface area contributed by atoms with Gasteiger partial charge in [0.2, 0.25) is 10.6 Å². The molecule has 0 aliphatic rings. The van der Waals surface area contributed by atoms with Crippen LogP contribution in [0, 0.1) is 13.8 Å². The van der Waals surface area contributed by atoms with Crippen LogP contribution in [0.4, 0.5) is 0 Å². The highest BCUT2D eigenvalue weighted by atomic mass is 35.5. The van der Waals surface area contributed by atoms with Gasteiger partial charge in [0.15, 0.2) is 5.16 Å². The SMILES string of the molecule is Cc1ccc(C)c(Sc2nc(Cl)nc(Cl)n2)c1. The zero-order valence-corrected chi connectivity index (χ0v) is 11.6. The molecule has 0 fully saturated rings. The van der Waals surface area contributed by atoms with Crippen molar-refractivity contribution in [1.82, 2.24) is 15.0 Å². The van der Waals surface area contributed by atoms with E-state index >= 15 is 0 Å². The summed E-state index contributed by atoms with van der Waals surface area (Å²) in [6.45, 7) is 4.07. The molecule has 0 saturated heterocycles. The van der Waals surface area contributed by atoms with Crippen molar-refractivity contribution in [2.45, 2.75) is 23.9 Å². The third-order valence-corrected chi connectivity index (χ3v) is 3.47. The number of nitrogens with zero attached hydrogens (tertiary/aromatic N) is 3. The van der Waals surface area contributed by atoms with E-state index in [1.807, 2.05) is 13.8 Å². The van der Waals surface area contributed by atoms with Crippen molar-refractivity contribution in [2.75, 3.05) is 0 Å².